The average molecular weight is 222 g/mol. The predicted molar refractivity (Wildman–Crippen MR) is 63.8 cm³/mol. The molecule has 0 aromatic heterocycles. The van der Waals surface area contributed by atoms with Gasteiger partial charge >= 0.3 is 0 Å². The topological polar surface area (TPSA) is 55.3 Å². The molecule has 0 aromatic rings. The second kappa shape index (κ2) is 4.79. The lowest BCUT2D eigenvalue weighted by molar-refractivity contribution is 0.148. The van der Waals surface area contributed by atoms with Crippen molar-refractivity contribution in [1.29, 1.82) is 0 Å². The fraction of sp³-hybridized carbons (Fsp3) is 1.00. The number of rotatable bonds is 2. The van der Waals surface area contributed by atoms with Crippen LogP contribution in [0.3, 0.4) is 0 Å². The summed E-state index contributed by atoms with van der Waals surface area (Å²) in [6.45, 7) is 9.44. The molecular weight excluding hydrogens is 198 g/mol. The van der Waals surface area contributed by atoms with Crippen molar-refractivity contribution in [2.75, 3.05) is 19.6 Å². The zero-order chi connectivity index (χ0) is 10.1. The summed E-state index contributed by atoms with van der Waals surface area (Å²) in [5.41, 5.74) is 12.0. The molecule has 14 heavy (non-hydrogen) atoms. The Morgan fingerprint density at radius 1 is 1.29 bits per heavy atom. The van der Waals surface area contributed by atoms with E-state index in [4.69, 9.17) is 11.5 Å². The van der Waals surface area contributed by atoms with Crippen LogP contribution < -0.4 is 11.5 Å². The van der Waals surface area contributed by atoms with Crippen molar-refractivity contribution in [2.24, 2.45) is 11.5 Å². The molecule has 1 rings (SSSR count). The molecule has 0 aromatic carbocycles. The third kappa shape index (κ3) is 5.15. The molecule has 1 aliphatic heterocycles. The Bertz CT molecular complexity index is 165. The second-order valence-electron chi connectivity index (χ2n) is 5.42. The first-order valence-electron chi connectivity index (χ1n) is 5.09. The summed E-state index contributed by atoms with van der Waals surface area (Å²) < 4.78 is 0. The highest BCUT2D eigenvalue weighted by molar-refractivity contribution is 5.85. The number of hydrogen-bond acceptors (Lipinski definition) is 3. The molecule has 0 aliphatic carbocycles. The number of hydrogen-bond donors (Lipinski definition) is 2. The highest BCUT2D eigenvalue weighted by Gasteiger charge is 2.27. The highest BCUT2D eigenvalue weighted by Crippen LogP contribution is 2.19. The molecule has 4 N–H and O–H groups in total. The lowest BCUT2D eigenvalue weighted by Crippen LogP contribution is -2.53. The summed E-state index contributed by atoms with van der Waals surface area (Å²) in [5.74, 6) is 0. The number of halogens is 1. The SMILES string of the molecule is CC(C)(N)CN1CCC(C)(N)CC1.Cl. The van der Waals surface area contributed by atoms with Crippen LogP contribution in [0.15, 0.2) is 0 Å². The van der Waals surface area contributed by atoms with Crippen molar-refractivity contribution in [3.05, 3.63) is 0 Å². The highest BCUT2D eigenvalue weighted by atomic mass is 35.5. The van der Waals surface area contributed by atoms with Crippen LogP contribution in [0.5, 0.6) is 0 Å². The first kappa shape index (κ1) is 14.2. The van der Waals surface area contributed by atoms with E-state index in [2.05, 4.69) is 25.7 Å². The predicted octanol–water partition coefficient (Wildman–Crippen LogP) is 0.959. The minimum atomic E-state index is -0.0810. The van der Waals surface area contributed by atoms with Crippen LogP contribution in [-0.4, -0.2) is 35.6 Å². The summed E-state index contributed by atoms with van der Waals surface area (Å²) >= 11 is 0. The maximum absolute atomic E-state index is 6.05. The number of piperidine rings is 1. The van der Waals surface area contributed by atoms with E-state index < -0.39 is 0 Å². The summed E-state index contributed by atoms with van der Waals surface area (Å²) in [6.07, 6.45) is 2.17. The molecule has 0 radical (unpaired) electrons. The number of likely N-dealkylation sites (tertiary alicyclic amines) is 1. The van der Waals surface area contributed by atoms with Crippen LogP contribution in [0.25, 0.3) is 0 Å². The molecule has 1 aliphatic rings. The Labute approximate surface area is 93.6 Å². The molecule has 0 atom stereocenters. The van der Waals surface area contributed by atoms with Crippen LogP contribution in [0.1, 0.15) is 33.6 Å². The van der Waals surface area contributed by atoms with Crippen LogP contribution in [0.4, 0.5) is 0 Å². The molecule has 4 heteroatoms. The van der Waals surface area contributed by atoms with Gasteiger partial charge in [0.1, 0.15) is 0 Å². The van der Waals surface area contributed by atoms with Crippen molar-refractivity contribution in [3.63, 3.8) is 0 Å². The number of nitrogens with zero attached hydrogens (tertiary/aromatic N) is 1. The fourth-order valence-corrected chi connectivity index (χ4v) is 1.80. The standard InChI is InChI=1S/C10H23N3.ClH/c1-9(2,11)8-13-6-4-10(3,12)5-7-13;/h4-8,11-12H2,1-3H3;1H. The van der Waals surface area contributed by atoms with Gasteiger partial charge in [0.25, 0.3) is 0 Å². The molecule has 1 heterocycles. The van der Waals surface area contributed by atoms with E-state index in [1.807, 2.05) is 0 Å². The molecule has 0 amide bonds. The minimum absolute atomic E-state index is 0. The molecule has 86 valence electrons. The molecule has 0 unspecified atom stereocenters. The van der Waals surface area contributed by atoms with E-state index in [1.54, 1.807) is 0 Å². The maximum atomic E-state index is 6.05. The normalized spacial score (nSPS) is 22.9. The molecule has 0 saturated carbocycles. The van der Waals surface area contributed by atoms with Crippen LogP contribution >= 0.6 is 12.4 Å². The molecule has 0 bridgehead atoms. The summed E-state index contributed by atoms with van der Waals surface area (Å²) in [6, 6.07) is 0. The van der Waals surface area contributed by atoms with E-state index >= 15 is 0 Å². The Kier molecular flexibility index (Phi) is 4.85. The second-order valence-corrected chi connectivity index (χ2v) is 5.42. The van der Waals surface area contributed by atoms with Crippen molar-refractivity contribution in [3.8, 4) is 0 Å². The van der Waals surface area contributed by atoms with Gasteiger partial charge in [-0.05, 0) is 46.7 Å². The molecule has 3 nitrogen and oxygen atoms in total. The third-order valence-electron chi connectivity index (χ3n) is 2.63. The Hall–Kier alpha value is 0.170. The van der Waals surface area contributed by atoms with E-state index in [0.29, 0.717) is 0 Å². The number of nitrogens with two attached hydrogens (primary N) is 2. The molecule has 0 spiro atoms. The van der Waals surface area contributed by atoms with Gasteiger partial charge in [0.15, 0.2) is 0 Å². The van der Waals surface area contributed by atoms with Gasteiger partial charge < -0.3 is 16.4 Å². The van der Waals surface area contributed by atoms with Gasteiger partial charge in [0.05, 0.1) is 0 Å². The summed E-state index contributed by atoms with van der Waals surface area (Å²) in [4.78, 5) is 2.41. The average Bonchev–Trinajstić information content (AvgIpc) is 1.91. The van der Waals surface area contributed by atoms with E-state index in [9.17, 15) is 0 Å². The molecule has 1 fully saturated rings. The third-order valence-corrected chi connectivity index (χ3v) is 2.63. The van der Waals surface area contributed by atoms with E-state index in [0.717, 1.165) is 32.5 Å². The fourth-order valence-electron chi connectivity index (χ4n) is 1.80. The van der Waals surface area contributed by atoms with E-state index in [1.165, 1.54) is 0 Å². The van der Waals surface area contributed by atoms with Crippen molar-refractivity contribution in [1.82, 2.24) is 4.90 Å². The Morgan fingerprint density at radius 3 is 2.07 bits per heavy atom. The van der Waals surface area contributed by atoms with Gasteiger partial charge in [0, 0.05) is 17.6 Å². The monoisotopic (exact) mass is 221 g/mol. The zero-order valence-electron chi connectivity index (χ0n) is 9.55. The van der Waals surface area contributed by atoms with Gasteiger partial charge in [-0.1, -0.05) is 0 Å². The lowest BCUT2D eigenvalue weighted by atomic mass is 9.90. The summed E-state index contributed by atoms with van der Waals surface area (Å²) in [5, 5.41) is 0. The lowest BCUT2D eigenvalue weighted by Gasteiger charge is -2.39. The summed E-state index contributed by atoms with van der Waals surface area (Å²) in [7, 11) is 0. The zero-order valence-corrected chi connectivity index (χ0v) is 10.4. The van der Waals surface area contributed by atoms with Gasteiger partial charge in [0.2, 0.25) is 0 Å². The van der Waals surface area contributed by atoms with Crippen LogP contribution in [0, 0.1) is 0 Å². The first-order chi connectivity index (χ1) is 5.79. The molecular formula is C10H24ClN3. The van der Waals surface area contributed by atoms with Gasteiger partial charge in [-0.2, -0.15) is 0 Å². The largest absolute Gasteiger partial charge is 0.325 e. The first-order valence-corrected chi connectivity index (χ1v) is 5.09. The van der Waals surface area contributed by atoms with Crippen molar-refractivity contribution < 1.29 is 0 Å². The van der Waals surface area contributed by atoms with Gasteiger partial charge in [-0.3, -0.25) is 0 Å². The van der Waals surface area contributed by atoms with Crippen molar-refractivity contribution in [2.45, 2.75) is 44.7 Å². The smallest absolute Gasteiger partial charge is 0.0226 e. The minimum Gasteiger partial charge on any atom is -0.325 e. The van der Waals surface area contributed by atoms with Crippen LogP contribution in [-0.2, 0) is 0 Å². The van der Waals surface area contributed by atoms with Crippen LogP contribution in [0.2, 0.25) is 0 Å². The Morgan fingerprint density at radius 2 is 1.71 bits per heavy atom. The van der Waals surface area contributed by atoms with E-state index in [-0.39, 0.29) is 23.5 Å². The molecule has 1 saturated heterocycles. The Balaban J connectivity index is 0.00000169. The quantitative estimate of drug-likeness (QED) is 0.731. The van der Waals surface area contributed by atoms with Crippen molar-refractivity contribution >= 4 is 12.4 Å². The maximum Gasteiger partial charge on any atom is 0.0226 e. The van der Waals surface area contributed by atoms with Gasteiger partial charge in [-0.25, -0.2) is 0 Å². The van der Waals surface area contributed by atoms with Gasteiger partial charge in [-0.15, -0.1) is 12.4 Å².